The summed E-state index contributed by atoms with van der Waals surface area (Å²) in [6.45, 7) is 7.24. The van der Waals surface area contributed by atoms with Crippen molar-refractivity contribution in [3.8, 4) is 5.75 Å². The molecule has 0 spiro atoms. The minimum absolute atomic E-state index is 0.0732. The minimum Gasteiger partial charge on any atom is -0.492 e. The van der Waals surface area contributed by atoms with E-state index in [2.05, 4.69) is 5.32 Å². The summed E-state index contributed by atoms with van der Waals surface area (Å²) in [5, 5.41) is 3.50. The van der Waals surface area contributed by atoms with Crippen LogP contribution in [-0.4, -0.2) is 62.5 Å². The zero-order valence-electron chi connectivity index (χ0n) is 20.6. The van der Waals surface area contributed by atoms with E-state index in [0.29, 0.717) is 50.7 Å². The molecule has 2 fully saturated rings. The number of benzene rings is 2. The molecule has 6 nitrogen and oxygen atoms in total. The van der Waals surface area contributed by atoms with Gasteiger partial charge in [0, 0.05) is 62.9 Å². The fourth-order valence-corrected chi connectivity index (χ4v) is 4.97. The zero-order valence-corrected chi connectivity index (χ0v) is 20.6. The van der Waals surface area contributed by atoms with Gasteiger partial charge in [0.25, 0.3) is 0 Å². The molecular weight excluding hydrogens is 473 g/mol. The van der Waals surface area contributed by atoms with E-state index in [1.54, 1.807) is 6.92 Å². The van der Waals surface area contributed by atoms with Crippen LogP contribution in [0.15, 0.2) is 36.4 Å². The number of hydrogen-bond donors (Lipinski definition) is 1. The van der Waals surface area contributed by atoms with Crippen LogP contribution >= 0.6 is 0 Å². The fraction of sp³-hybridized carbons (Fsp3) is 0.519. The van der Waals surface area contributed by atoms with Gasteiger partial charge in [0.15, 0.2) is 6.10 Å². The summed E-state index contributed by atoms with van der Waals surface area (Å²) in [5.74, 6) is -1.27. The second-order valence-electron chi connectivity index (χ2n) is 9.24. The summed E-state index contributed by atoms with van der Waals surface area (Å²) < 4.78 is 57.3. The molecule has 1 saturated carbocycles. The van der Waals surface area contributed by atoms with E-state index in [9.17, 15) is 18.0 Å². The third-order valence-electron chi connectivity index (χ3n) is 6.77. The Hall–Kier alpha value is -2.62. The van der Waals surface area contributed by atoms with Gasteiger partial charge in [-0.15, -0.1) is 0 Å². The van der Waals surface area contributed by atoms with E-state index in [-0.39, 0.29) is 18.1 Å². The average molecular weight is 507 g/mol. The van der Waals surface area contributed by atoms with Gasteiger partial charge < -0.3 is 19.5 Å². The van der Waals surface area contributed by atoms with Gasteiger partial charge in [0.2, 0.25) is 0 Å². The second-order valence-corrected chi connectivity index (χ2v) is 9.24. The van der Waals surface area contributed by atoms with E-state index in [1.807, 2.05) is 36.1 Å². The van der Waals surface area contributed by atoms with Gasteiger partial charge in [0.05, 0.1) is 6.61 Å². The monoisotopic (exact) mass is 506 g/mol. The number of likely N-dealkylation sites (tertiary alicyclic amines) is 1. The first-order valence-corrected chi connectivity index (χ1v) is 12.5. The lowest BCUT2D eigenvalue weighted by atomic mass is 10.1. The third-order valence-corrected chi connectivity index (χ3v) is 6.77. The first-order chi connectivity index (χ1) is 17.4. The van der Waals surface area contributed by atoms with Crippen molar-refractivity contribution in [1.82, 2.24) is 10.2 Å². The van der Waals surface area contributed by atoms with Crippen molar-refractivity contribution in [2.75, 3.05) is 39.5 Å². The smallest absolute Gasteiger partial charge is 0.335 e. The van der Waals surface area contributed by atoms with Crippen molar-refractivity contribution < 1.29 is 32.2 Å². The van der Waals surface area contributed by atoms with Crippen LogP contribution in [0.1, 0.15) is 25.0 Å². The molecule has 36 heavy (non-hydrogen) atoms. The Morgan fingerprint density at radius 3 is 2.33 bits per heavy atom. The molecule has 1 saturated heterocycles. The van der Waals surface area contributed by atoms with Crippen LogP contribution in [0.2, 0.25) is 0 Å². The van der Waals surface area contributed by atoms with Crippen LogP contribution in [0.25, 0.3) is 0 Å². The normalized spacial score (nSPS) is 21.8. The quantitative estimate of drug-likeness (QED) is 0.330. The van der Waals surface area contributed by atoms with Gasteiger partial charge >= 0.3 is 5.97 Å². The summed E-state index contributed by atoms with van der Waals surface area (Å²) in [6, 6.07) is 9.43. The van der Waals surface area contributed by atoms with Crippen LogP contribution in [0.3, 0.4) is 0 Å². The predicted octanol–water partition coefficient (Wildman–Crippen LogP) is 3.71. The number of carbonyl (C=O) groups is 1. The lowest BCUT2D eigenvalue weighted by molar-refractivity contribution is -0.156. The van der Waals surface area contributed by atoms with Gasteiger partial charge in [-0.1, -0.05) is 12.1 Å². The molecule has 2 aliphatic rings. The highest BCUT2D eigenvalue weighted by molar-refractivity contribution is 5.75. The molecule has 9 heteroatoms. The SMILES string of the molecule is CCOC(=O)[C@H](Cc1ccc(OCCN[C@H]2C3CN(Cc4c(F)cc(F)cc4F)C[C@@H]32)cc1)OCC. The van der Waals surface area contributed by atoms with Crippen LogP contribution in [0.4, 0.5) is 13.2 Å². The molecule has 0 bridgehead atoms. The topological polar surface area (TPSA) is 60.0 Å². The van der Waals surface area contributed by atoms with Crippen molar-refractivity contribution in [2.24, 2.45) is 11.8 Å². The van der Waals surface area contributed by atoms with E-state index in [4.69, 9.17) is 14.2 Å². The number of nitrogens with zero attached hydrogens (tertiary/aromatic N) is 1. The molecule has 2 aromatic carbocycles. The van der Waals surface area contributed by atoms with Crippen LogP contribution in [0.5, 0.6) is 5.75 Å². The Kier molecular flexibility index (Phi) is 8.87. The van der Waals surface area contributed by atoms with Crippen molar-refractivity contribution >= 4 is 5.97 Å². The lowest BCUT2D eigenvalue weighted by Crippen LogP contribution is -2.33. The number of rotatable bonds is 13. The maximum atomic E-state index is 13.9. The first kappa shape index (κ1) is 26.4. The van der Waals surface area contributed by atoms with E-state index in [1.165, 1.54) is 0 Å². The van der Waals surface area contributed by atoms with Gasteiger partial charge in [-0.05, 0) is 43.4 Å². The van der Waals surface area contributed by atoms with Crippen LogP contribution in [0, 0.1) is 29.3 Å². The molecule has 1 heterocycles. The van der Waals surface area contributed by atoms with Crippen LogP contribution < -0.4 is 10.1 Å². The summed E-state index contributed by atoms with van der Waals surface area (Å²) in [5.41, 5.74) is 0.888. The van der Waals surface area contributed by atoms with Crippen LogP contribution in [-0.2, 0) is 27.2 Å². The minimum atomic E-state index is -0.898. The van der Waals surface area contributed by atoms with E-state index in [0.717, 1.165) is 36.5 Å². The average Bonchev–Trinajstić information content (AvgIpc) is 3.29. The molecule has 1 aliphatic carbocycles. The van der Waals surface area contributed by atoms with E-state index < -0.39 is 23.6 Å². The molecule has 0 aromatic heterocycles. The molecule has 2 aromatic rings. The highest BCUT2D eigenvalue weighted by atomic mass is 19.1. The number of carbonyl (C=O) groups excluding carboxylic acids is 1. The third kappa shape index (κ3) is 6.57. The first-order valence-electron chi connectivity index (χ1n) is 12.5. The summed E-state index contributed by atoms with van der Waals surface area (Å²) in [7, 11) is 0. The molecule has 0 radical (unpaired) electrons. The summed E-state index contributed by atoms with van der Waals surface area (Å²) in [6.07, 6.45) is -0.176. The Labute approximate surface area is 209 Å². The van der Waals surface area contributed by atoms with Gasteiger partial charge in [-0.3, -0.25) is 4.90 Å². The number of halogens is 3. The van der Waals surface area contributed by atoms with Crippen molar-refractivity contribution in [2.45, 2.75) is 39.0 Å². The molecule has 0 amide bonds. The predicted molar refractivity (Wildman–Crippen MR) is 128 cm³/mol. The molecule has 1 unspecified atom stereocenters. The maximum Gasteiger partial charge on any atom is 0.335 e. The Balaban J connectivity index is 1.14. The van der Waals surface area contributed by atoms with Gasteiger partial charge in [-0.25, -0.2) is 18.0 Å². The molecule has 1 aliphatic heterocycles. The number of fused-ring (bicyclic) bond motifs is 1. The number of esters is 1. The molecular formula is C27H33F3N2O4. The van der Waals surface area contributed by atoms with Gasteiger partial charge in [0.1, 0.15) is 29.8 Å². The fourth-order valence-electron chi connectivity index (χ4n) is 4.97. The van der Waals surface area contributed by atoms with Crippen molar-refractivity contribution in [3.05, 3.63) is 65.0 Å². The van der Waals surface area contributed by atoms with Gasteiger partial charge in [-0.2, -0.15) is 0 Å². The number of piperidine rings is 1. The highest BCUT2D eigenvalue weighted by Gasteiger charge is 2.55. The number of nitrogens with one attached hydrogen (secondary N) is 1. The lowest BCUT2D eigenvalue weighted by Gasteiger charge is -2.20. The Bertz CT molecular complexity index is 1000. The second kappa shape index (κ2) is 12.1. The number of ether oxygens (including phenoxy) is 3. The largest absolute Gasteiger partial charge is 0.492 e. The maximum absolute atomic E-state index is 13.9. The molecule has 196 valence electrons. The molecule has 4 atom stereocenters. The summed E-state index contributed by atoms with van der Waals surface area (Å²) in [4.78, 5) is 14.0. The Morgan fingerprint density at radius 2 is 1.72 bits per heavy atom. The van der Waals surface area contributed by atoms with Crippen molar-refractivity contribution in [1.29, 1.82) is 0 Å². The zero-order chi connectivity index (χ0) is 25.7. The molecule has 1 N–H and O–H groups in total. The number of hydrogen-bond acceptors (Lipinski definition) is 6. The Morgan fingerprint density at radius 1 is 1.06 bits per heavy atom. The van der Waals surface area contributed by atoms with E-state index >= 15 is 0 Å². The highest BCUT2D eigenvalue weighted by Crippen LogP contribution is 2.45. The standard InChI is InChI=1S/C27H33F3N2O4/c1-3-34-25(27(33)35-4-2)11-17-5-7-19(8-6-17)36-10-9-31-26-20-14-32(15-21(20)26)16-22-23(29)12-18(28)13-24(22)30/h5-8,12-13,20-21,25-26,31H,3-4,9-11,14-16H2,1-2H3/t20-,21?,25-,26+/m0/s1. The van der Waals surface area contributed by atoms with Crippen molar-refractivity contribution in [3.63, 3.8) is 0 Å². The molecule has 4 rings (SSSR count). The summed E-state index contributed by atoms with van der Waals surface area (Å²) >= 11 is 0.